The molecule has 1 heterocycles. The van der Waals surface area contributed by atoms with Gasteiger partial charge in [0.1, 0.15) is 12.2 Å². The van der Waals surface area contributed by atoms with Crippen molar-refractivity contribution in [3.63, 3.8) is 0 Å². The Hall–Kier alpha value is -0.980. The summed E-state index contributed by atoms with van der Waals surface area (Å²) in [6.07, 6.45) is 2.29. The predicted octanol–water partition coefficient (Wildman–Crippen LogP) is 2.64. The van der Waals surface area contributed by atoms with E-state index in [1.165, 1.54) is 5.56 Å². The van der Waals surface area contributed by atoms with Crippen molar-refractivity contribution in [1.82, 2.24) is 0 Å². The molecule has 0 unspecified atom stereocenters. The van der Waals surface area contributed by atoms with Gasteiger partial charge < -0.3 is 24.4 Å². The SMILES string of the molecule is CC1(C)O[C@H]([C@H](O)CO)[C@@H](CCCCCOCc2ccccc2)O1. The smallest absolute Gasteiger partial charge is 0.163 e. The van der Waals surface area contributed by atoms with E-state index >= 15 is 0 Å². The van der Waals surface area contributed by atoms with Gasteiger partial charge in [-0.25, -0.2) is 0 Å². The van der Waals surface area contributed by atoms with E-state index in [2.05, 4.69) is 12.1 Å². The molecule has 2 N–H and O–H groups in total. The molecule has 5 nitrogen and oxygen atoms in total. The minimum absolute atomic E-state index is 0.174. The van der Waals surface area contributed by atoms with Crippen molar-refractivity contribution in [2.24, 2.45) is 0 Å². The third kappa shape index (κ3) is 6.15. The number of hydrogen-bond acceptors (Lipinski definition) is 5. The molecule has 1 saturated heterocycles. The van der Waals surface area contributed by atoms with Crippen LogP contribution >= 0.6 is 0 Å². The third-order valence-corrected chi connectivity index (χ3v) is 4.18. The highest BCUT2D eigenvalue weighted by Gasteiger charge is 2.43. The van der Waals surface area contributed by atoms with Crippen LogP contribution in [0.1, 0.15) is 45.1 Å². The average Bonchev–Trinajstić information content (AvgIpc) is 2.89. The first kappa shape index (κ1) is 19.3. The molecule has 2 rings (SSSR count). The van der Waals surface area contributed by atoms with Crippen molar-refractivity contribution in [2.45, 2.75) is 70.2 Å². The maximum absolute atomic E-state index is 9.87. The van der Waals surface area contributed by atoms with Gasteiger partial charge in [-0.3, -0.25) is 0 Å². The molecule has 0 radical (unpaired) electrons. The van der Waals surface area contributed by atoms with Gasteiger partial charge in [0.15, 0.2) is 5.79 Å². The van der Waals surface area contributed by atoms with Gasteiger partial charge >= 0.3 is 0 Å². The fraction of sp³-hybridized carbons (Fsp3) is 0.684. The number of aliphatic hydroxyl groups excluding tert-OH is 2. The molecule has 1 aromatic carbocycles. The van der Waals surface area contributed by atoms with E-state index in [4.69, 9.17) is 19.3 Å². The van der Waals surface area contributed by atoms with Crippen LogP contribution in [0.15, 0.2) is 30.3 Å². The van der Waals surface area contributed by atoms with Crippen LogP contribution in [0.3, 0.4) is 0 Å². The van der Waals surface area contributed by atoms with Gasteiger partial charge in [0, 0.05) is 6.61 Å². The molecule has 0 aliphatic carbocycles. The summed E-state index contributed by atoms with van der Waals surface area (Å²) >= 11 is 0. The third-order valence-electron chi connectivity index (χ3n) is 4.18. The summed E-state index contributed by atoms with van der Waals surface area (Å²) in [5, 5.41) is 19.0. The predicted molar refractivity (Wildman–Crippen MR) is 91.5 cm³/mol. The zero-order valence-corrected chi connectivity index (χ0v) is 14.7. The van der Waals surface area contributed by atoms with Crippen molar-refractivity contribution < 1.29 is 24.4 Å². The number of hydrogen-bond donors (Lipinski definition) is 2. The fourth-order valence-electron chi connectivity index (χ4n) is 3.01. The van der Waals surface area contributed by atoms with Gasteiger partial charge in [-0.2, -0.15) is 0 Å². The first-order valence-corrected chi connectivity index (χ1v) is 8.78. The van der Waals surface area contributed by atoms with Crippen molar-refractivity contribution in [2.75, 3.05) is 13.2 Å². The van der Waals surface area contributed by atoms with Crippen LogP contribution in [0.2, 0.25) is 0 Å². The number of benzene rings is 1. The summed E-state index contributed by atoms with van der Waals surface area (Å²) in [7, 11) is 0. The summed E-state index contributed by atoms with van der Waals surface area (Å²) in [6, 6.07) is 10.2. The molecule has 0 aromatic heterocycles. The van der Waals surface area contributed by atoms with Gasteiger partial charge in [0.05, 0.1) is 19.3 Å². The molecule has 3 atom stereocenters. The molecule has 1 aliphatic rings. The standard InChI is InChI=1S/C19H30O5/c1-19(2)23-17(18(24-19)16(21)13-20)11-7-4-8-12-22-14-15-9-5-3-6-10-15/h3,5-6,9-10,16-18,20-21H,4,7-8,11-14H2,1-2H3/t16-,17-,18-/m1/s1. The van der Waals surface area contributed by atoms with Gasteiger partial charge in [-0.15, -0.1) is 0 Å². The van der Waals surface area contributed by atoms with Gasteiger partial charge in [0.2, 0.25) is 0 Å². The number of ether oxygens (including phenoxy) is 3. The summed E-state index contributed by atoms with van der Waals surface area (Å²) in [4.78, 5) is 0. The Morgan fingerprint density at radius 2 is 1.88 bits per heavy atom. The fourth-order valence-corrected chi connectivity index (χ4v) is 3.01. The minimum Gasteiger partial charge on any atom is -0.394 e. The van der Waals surface area contributed by atoms with E-state index in [0.717, 1.165) is 32.3 Å². The van der Waals surface area contributed by atoms with E-state index in [9.17, 15) is 5.11 Å². The first-order chi connectivity index (χ1) is 11.5. The van der Waals surface area contributed by atoms with Gasteiger partial charge in [0.25, 0.3) is 0 Å². The highest BCUT2D eigenvalue weighted by molar-refractivity contribution is 5.13. The number of unbranched alkanes of at least 4 members (excludes halogenated alkanes) is 2. The van der Waals surface area contributed by atoms with E-state index in [1.54, 1.807) is 0 Å². The van der Waals surface area contributed by atoms with Gasteiger partial charge in [-0.1, -0.05) is 43.2 Å². The molecule has 1 aromatic rings. The van der Waals surface area contributed by atoms with Crippen LogP contribution in [0, 0.1) is 0 Å². The van der Waals surface area contributed by atoms with Crippen molar-refractivity contribution in [3.8, 4) is 0 Å². The number of rotatable bonds is 10. The lowest BCUT2D eigenvalue weighted by Gasteiger charge is -2.20. The molecule has 1 fully saturated rings. The van der Waals surface area contributed by atoms with Crippen LogP contribution in [-0.4, -0.2) is 47.5 Å². The second-order valence-corrected chi connectivity index (χ2v) is 6.78. The zero-order valence-electron chi connectivity index (χ0n) is 14.7. The summed E-state index contributed by atoms with van der Waals surface area (Å²) in [5.41, 5.74) is 1.19. The average molecular weight is 338 g/mol. The Morgan fingerprint density at radius 1 is 1.12 bits per heavy atom. The van der Waals surface area contributed by atoms with Crippen LogP contribution in [0.5, 0.6) is 0 Å². The quantitative estimate of drug-likeness (QED) is 0.642. The lowest BCUT2D eigenvalue weighted by Crippen LogP contribution is -2.37. The van der Waals surface area contributed by atoms with E-state index < -0.39 is 18.0 Å². The lowest BCUT2D eigenvalue weighted by molar-refractivity contribution is -0.157. The van der Waals surface area contributed by atoms with E-state index in [1.807, 2.05) is 32.0 Å². The second-order valence-electron chi connectivity index (χ2n) is 6.78. The minimum atomic E-state index is -0.897. The monoisotopic (exact) mass is 338 g/mol. The highest BCUT2D eigenvalue weighted by atomic mass is 16.8. The topological polar surface area (TPSA) is 68.2 Å². The Kier molecular flexibility index (Phi) is 7.65. The Labute approximate surface area is 144 Å². The molecule has 136 valence electrons. The second kappa shape index (κ2) is 9.49. The maximum Gasteiger partial charge on any atom is 0.163 e. The van der Waals surface area contributed by atoms with Crippen molar-refractivity contribution in [3.05, 3.63) is 35.9 Å². The van der Waals surface area contributed by atoms with Crippen molar-refractivity contribution >= 4 is 0 Å². The summed E-state index contributed by atoms with van der Waals surface area (Å²) < 4.78 is 17.2. The highest BCUT2D eigenvalue weighted by Crippen LogP contribution is 2.32. The van der Waals surface area contributed by atoms with E-state index in [-0.39, 0.29) is 12.7 Å². The molecular weight excluding hydrogens is 308 g/mol. The van der Waals surface area contributed by atoms with Crippen LogP contribution < -0.4 is 0 Å². The Morgan fingerprint density at radius 3 is 2.58 bits per heavy atom. The summed E-state index contributed by atoms with van der Waals surface area (Å²) in [5.74, 6) is -0.704. The zero-order chi connectivity index (χ0) is 17.4. The summed E-state index contributed by atoms with van der Waals surface area (Å²) in [6.45, 7) is 4.75. The molecule has 24 heavy (non-hydrogen) atoms. The molecule has 0 amide bonds. The largest absolute Gasteiger partial charge is 0.394 e. The Bertz CT molecular complexity index is 462. The molecular formula is C19H30O5. The van der Waals surface area contributed by atoms with Gasteiger partial charge in [-0.05, 0) is 32.3 Å². The van der Waals surface area contributed by atoms with Crippen LogP contribution in [0.25, 0.3) is 0 Å². The Balaban J connectivity index is 1.59. The van der Waals surface area contributed by atoms with Crippen molar-refractivity contribution in [1.29, 1.82) is 0 Å². The van der Waals surface area contributed by atoms with E-state index in [0.29, 0.717) is 6.61 Å². The number of aliphatic hydroxyl groups is 2. The lowest BCUT2D eigenvalue weighted by atomic mass is 10.0. The first-order valence-electron chi connectivity index (χ1n) is 8.78. The van der Waals surface area contributed by atoms with Crippen LogP contribution in [0.4, 0.5) is 0 Å². The molecule has 5 heteroatoms. The maximum atomic E-state index is 9.87. The molecule has 0 spiro atoms. The normalized spacial score (nSPS) is 24.2. The van der Waals surface area contributed by atoms with Crippen LogP contribution in [-0.2, 0) is 20.8 Å². The molecule has 1 aliphatic heterocycles. The molecule has 0 saturated carbocycles. The molecule has 0 bridgehead atoms.